The highest BCUT2D eigenvalue weighted by Crippen LogP contribution is 2.41. The first-order valence-electron chi connectivity index (χ1n) is 7.82. The van der Waals surface area contributed by atoms with Gasteiger partial charge >= 0.3 is 0 Å². The topological polar surface area (TPSA) is 38.5 Å². The predicted molar refractivity (Wildman–Crippen MR) is 81.8 cm³/mol. The molecule has 1 aliphatic carbocycles. The zero-order chi connectivity index (χ0) is 14.1. The number of benzene rings is 1. The summed E-state index contributed by atoms with van der Waals surface area (Å²) in [5, 5.41) is 0. The highest BCUT2D eigenvalue weighted by molar-refractivity contribution is 5.30. The van der Waals surface area contributed by atoms with Gasteiger partial charge in [-0.1, -0.05) is 18.6 Å². The van der Waals surface area contributed by atoms with E-state index in [1.165, 1.54) is 37.9 Å². The molecule has 0 bridgehead atoms. The van der Waals surface area contributed by atoms with Crippen LogP contribution in [0.15, 0.2) is 24.3 Å². The van der Waals surface area contributed by atoms with Gasteiger partial charge in [0, 0.05) is 25.2 Å². The van der Waals surface area contributed by atoms with Crippen molar-refractivity contribution in [2.75, 3.05) is 20.2 Å². The number of nitrogens with two attached hydrogens (primary N) is 1. The van der Waals surface area contributed by atoms with E-state index in [1.807, 2.05) is 12.1 Å². The Morgan fingerprint density at radius 1 is 1.15 bits per heavy atom. The van der Waals surface area contributed by atoms with E-state index in [1.54, 1.807) is 7.11 Å². The molecule has 0 spiro atoms. The fourth-order valence-electron chi connectivity index (χ4n) is 4.15. The molecule has 4 atom stereocenters. The van der Waals surface area contributed by atoms with Crippen molar-refractivity contribution in [1.29, 1.82) is 0 Å². The lowest BCUT2D eigenvalue weighted by molar-refractivity contribution is 0.203. The van der Waals surface area contributed by atoms with E-state index in [0.717, 1.165) is 17.6 Å². The van der Waals surface area contributed by atoms with Crippen molar-refractivity contribution in [3.8, 4) is 5.75 Å². The number of nitrogens with zero attached hydrogens (tertiary/aromatic N) is 1. The van der Waals surface area contributed by atoms with Gasteiger partial charge in [0.2, 0.25) is 0 Å². The molecule has 20 heavy (non-hydrogen) atoms. The lowest BCUT2D eigenvalue weighted by Gasteiger charge is -2.32. The molecule has 4 unspecified atom stereocenters. The molecule has 3 rings (SSSR count). The Morgan fingerprint density at radius 2 is 1.75 bits per heavy atom. The van der Waals surface area contributed by atoms with Gasteiger partial charge in [-0.25, -0.2) is 0 Å². The second kappa shape index (κ2) is 5.74. The van der Waals surface area contributed by atoms with E-state index >= 15 is 0 Å². The molecule has 1 saturated carbocycles. The number of hydrogen-bond donors (Lipinski definition) is 1. The Kier molecular flexibility index (Phi) is 3.99. The van der Waals surface area contributed by atoms with Crippen LogP contribution in [0.1, 0.15) is 37.8 Å². The summed E-state index contributed by atoms with van der Waals surface area (Å²) < 4.78 is 5.25. The van der Waals surface area contributed by atoms with Crippen molar-refractivity contribution in [3.05, 3.63) is 29.8 Å². The molecule has 1 heterocycles. The summed E-state index contributed by atoms with van der Waals surface area (Å²) in [5.74, 6) is 2.74. The second-order valence-electron chi connectivity index (χ2n) is 6.48. The van der Waals surface area contributed by atoms with Crippen molar-refractivity contribution in [2.24, 2.45) is 17.6 Å². The Labute approximate surface area is 122 Å². The summed E-state index contributed by atoms with van der Waals surface area (Å²) in [7, 11) is 1.71. The van der Waals surface area contributed by atoms with Crippen molar-refractivity contribution >= 4 is 0 Å². The normalized spacial score (nSPS) is 29.1. The summed E-state index contributed by atoms with van der Waals surface area (Å²) in [6.45, 7) is 4.58. The molecule has 0 aromatic heterocycles. The summed E-state index contributed by atoms with van der Waals surface area (Å²) >= 11 is 0. The molecule has 0 radical (unpaired) electrons. The summed E-state index contributed by atoms with van der Waals surface area (Å²) in [6.07, 6.45) is 4.25. The molecule has 2 aliphatic rings. The molecular formula is C17H26N2O. The minimum atomic E-state index is 0.155. The highest BCUT2D eigenvalue weighted by atomic mass is 16.5. The molecule has 2 fully saturated rings. The third kappa shape index (κ3) is 2.57. The van der Waals surface area contributed by atoms with Gasteiger partial charge in [0.1, 0.15) is 5.75 Å². The SMILES string of the molecule is COc1ccc(C(C(C)N)N2CC3CCCC3C2)cc1. The van der Waals surface area contributed by atoms with E-state index < -0.39 is 0 Å². The number of fused-ring (bicyclic) bond motifs is 1. The number of rotatable bonds is 4. The van der Waals surface area contributed by atoms with Gasteiger partial charge in [0.25, 0.3) is 0 Å². The van der Waals surface area contributed by atoms with Crippen LogP contribution in [0, 0.1) is 11.8 Å². The maximum atomic E-state index is 6.30. The standard InChI is InChI=1S/C17H26N2O/c1-12(18)17(13-6-8-16(20-2)9-7-13)19-10-14-4-3-5-15(14)11-19/h6-9,12,14-15,17H,3-5,10-11,18H2,1-2H3. The Balaban J connectivity index is 1.78. The number of likely N-dealkylation sites (tertiary alicyclic amines) is 1. The molecular weight excluding hydrogens is 248 g/mol. The lowest BCUT2D eigenvalue weighted by atomic mass is 9.99. The van der Waals surface area contributed by atoms with Crippen molar-refractivity contribution in [2.45, 2.75) is 38.3 Å². The first kappa shape index (κ1) is 13.9. The van der Waals surface area contributed by atoms with E-state index in [4.69, 9.17) is 10.5 Å². The minimum absolute atomic E-state index is 0.155. The highest BCUT2D eigenvalue weighted by Gasteiger charge is 2.39. The number of methoxy groups -OCH3 is 1. The molecule has 0 amide bonds. The molecule has 3 nitrogen and oxygen atoms in total. The van der Waals surface area contributed by atoms with Crippen LogP contribution in [0.25, 0.3) is 0 Å². The van der Waals surface area contributed by atoms with Crippen LogP contribution in [-0.4, -0.2) is 31.1 Å². The second-order valence-corrected chi connectivity index (χ2v) is 6.48. The van der Waals surface area contributed by atoms with Crippen LogP contribution < -0.4 is 10.5 Å². The fraction of sp³-hybridized carbons (Fsp3) is 0.647. The van der Waals surface area contributed by atoms with Gasteiger partial charge in [-0.15, -0.1) is 0 Å². The number of hydrogen-bond acceptors (Lipinski definition) is 3. The van der Waals surface area contributed by atoms with Crippen LogP contribution in [0.2, 0.25) is 0 Å². The number of ether oxygens (including phenoxy) is 1. The van der Waals surface area contributed by atoms with Crippen LogP contribution in [0.5, 0.6) is 5.75 Å². The largest absolute Gasteiger partial charge is 0.497 e. The van der Waals surface area contributed by atoms with Gasteiger partial charge in [-0.05, 0) is 49.3 Å². The average Bonchev–Trinajstić information content (AvgIpc) is 3.00. The van der Waals surface area contributed by atoms with Crippen molar-refractivity contribution < 1.29 is 4.74 Å². The Hall–Kier alpha value is -1.06. The smallest absolute Gasteiger partial charge is 0.118 e. The third-order valence-electron chi connectivity index (χ3n) is 5.10. The first-order chi connectivity index (χ1) is 9.69. The summed E-state index contributed by atoms with van der Waals surface area (Å²) in [6, 6.07) is 8.92. The first-order valence-corrected chi connectivity index (χ1v) is 7.82. The van der Waals surface area contributed by atoms with Crippen LogP contribution in [-0.2, 0) is 0 Å². The molecule has 2 N–H and O–H groups in total. The molecule has 1 saturated heterocycles. The Morgan fingerprint density at radius 3 is 2.25 bits per heavy atom. The third-order valence-corrected chi connectivity index (χ3v) is 5.10. The summed E-state index contributed by atoms with van der Waals surface area (Å²) in [4.78, 5) is 2.61. The van der Waals surface area contributed by atoms with Crippen LogP contribution >= 0.6 is 0 Å². The molecule has 1 aromatic rings. The average molecular weight is 274 g/mol. The lowest BCUT2D eigenvalue weighted by Crippen LogP contribution is -2.38. The minimum Gasteiger partial charge on any atom is -0.497 e. The maximum Gasteiger partial charge on any atom is 0.118 e. The predicted octanol–water partition coefficient (Wildman–Crippen LogP) is 2.82. The van der Waals surface area contributed by atoms with Gasteiger partial charge in [-0.3, -0.25) is 4.90 Å². The van der Waals surface area contributed by atoms with Gasteiger partial charge in [-0.2, -0.15) is 0 Å². The van der Waals surface area contributed by atoms with Gasteiger partial charge in [0.05, 0.1) is 7.11 Å². The van der Waals surface area contributed by atoms with E-state index in [2.05, 4.69) is 24.0 Å². The van der Waals surface area contributed by atoms with E-state index in [-0.39, 0.29) is 6.04 Å². The molecule has 3 heteroatoms. The van der Waals surface area contributed by atoms with Gasteiger partial charge in [0.15, 0.2) is 0 Å². The van der Waals surface area contributed by atoms with Crippen LogP contribution in [0.4, 0.5) is 0 Å². The van der Waals surface area contributed by atoms with Crippen LogP contribution in [0.3, 0.4) is 0 Å². The maximum absolute atomic E-state index is 6.30. The molecule has 1 aliphatic heterocycles. The van der Waals surface area contributed by atoms with Crippen molar-refractivity contribution in [3.63, 3.8) is 0 Å². The van der Waals surface area contributed by atoms with Crippen molar-refractivity contribution in [1.82, 2.24) is 4.90 Å². The van der Waals surface area contributed by atoms with E-state index in [0.29, 0.717) is 6.04 Å². The molecule has 1 aromatic carbocycles. The van der Waals surface area contributed by atoms with E-state index in [9.17, 15) is 0 Å². The van der Waals surface area contributed by atoms with Gasteiger partial charge < -0.3 is 10.5 Å². The fourth-order valence-corrected chi connectivity index (χ4v) is 4.15. The monoisotopic (exact) mass is 274 g/mol. The summed E-state index contributed by atoms with van der Waals surface area (Å²) in [5.41, 5.74) is 7.62. The zero-order valence-electron chi connectivity index (χ0n) is 12.6. The Bertz CT molecular complexity index is 431. The molecule has 110 valence electrons. The zero-order valence-corrected chi connectivity index (χ0v) is 12.6. The quantitative estimate of drug-likeness (QED) is 0.917.